The number of carbonyl (C=O) groups is 2. The molecular formula is C14H17FN2O3. The summed E-state index contributed by atoms with van der Waals surface area (Å²) in [5.74, 6) is -2.47. The second-order valence-corrected chi connectivity index (χ2v) is 4.93. The van der Waals surface area contributed by atoms with Crippen LogP contribution in [0.25, 0.3) is 0 Å². The SMILES string of the molecule is O=C(O)C(=O)NC[C@@H]1CNCC[C@@H]1c1ccc(F)cc1. The summed E-state index contributed by atoms with van der Waals surface area (Å²) >= 11 is 0. The van der Waals surface area contributed by atoms with Gasteiger partial charge in [0.05, 0.1) is 0 Å². The molecule has 0 radical (unpaired) electrons. The van der Waals surface area contributed by atoms with Crippen LogP contribution in [0.3, 0.4) is 0 Å². The van der Waals surface area contributed by atoms with Gasteiger partial charge in [-0.1, -0.05) is 12.1 Å². The first-order valence-electron chi connectivity index (χ1n) is 6.55. The standard InChI is InChI=1S/C14H17FN2O3/c15-11-3-1-9(2-4-11)12-5-6-16-7-10(12)8-17-13(18)14(19)20/h1-4,10,12,16H,5-8H2,(H,17,18)(H,19,20)/t10-,12+/m0/s1. The van der Waals surface area contributed by atoms with Gasteiger partial charge in [-0.2, -0.15) is 0 Å². The van der Waals surface area contributed by atoms with Gasteiger partial charge in [0.15, 0.2) is 0 Å². The lowest BCUT2D eigenvalue weighted by Gasteiger charge is -2.32. The number of carboxylic acids is 1. The Morgan fingerprint density at radius 2 is 2.05 bits per heavy atom. The van der Waals surface area contributed by atoms with Gasteiger partial charge in [-0.3, -0.25) is 4.79 Å². The molecule has 1 saturated heterocycles. The molecule has 5 nitrogen and oxygen atoms in total. The number of amides is 1. The molecule has 0 bridgehead atoms. The van der Waals surface area contributed by atoms with Crippen molar-refractivity contribution in [2.24, 2.45) is 5.92 Å². The molecule has 1 aromatic carbocycles. The maximum atomic E-state index is 13.0. The molecule has 1 amide bonds. The number of aliphatic carboxylic acids is 1. The van der Waals surface area contributed by atoms with Crippen LogP contribution in [0.5, 0.6) is 0 Å². The van der Waals surface area contributed by atoms with Crippen molar-refractivity contribution in [2.75, 3.05) is 19.6 Å². The monoisotopic (exact) mass is 280 g/mol. The Hall–Kier alpha value is -1.95. The lowest BCUT2D eigenvalue weighted by molar-refractivity contribution is -0.150. The minimum atomic E-state index is -1.48. The van der Waals surface area contributed by atoms with Crippen molar-refractivity contribution in [3.8, 4) is 0 Å². The molecule has 2 atom stereocenters. The van der Waals surface area contributed by atoms with Crippen molar-refractivity contribution in [1.82, 2.24) is 10.6 Å². The molecular weight excluding hydrogens is 263 g/mol. The van der Waals surface area contributed by atoms with E-state index in [-0.39, 0.29) is 17.7 Å². The van der Waals surface area contributed by atoms with Gasteiger partial charge in [-0.05, 0) is 42.5 Å². The number of hydrogen-bond acceptors (Lipinski definition) is 3. The number of piperidine rings is 1. The minimum Gasteiger partial charge on any atom is -0.474 e. The summed E-state index contributed by atoms with van der Waals surface area (Å²) in [5, 5.41) is 14.2. The molecule has 2 rings (SSSR count). The van der Waals surface area contributed by atoms with Gasteiger partial charge in [0.2, 0.25) is 0 Å². The van der Waals surface area contributed by atoms with Crippen LogP contribution in [0.15, 0.2) is 24.3 Å². The Kier molecular flexibility index (Phi) is 4.68. The lowest BCUT2D eigenvalue weighted by Crippen LogP contribution is -2.43. The summed E-state index contributed by atoms with van der Waals surface area (Å²) < 4.78 is 13.0. The van der Waals surface area contributed by atoms with Crippen LogP contribution in [0.2, 0.25) is 0 Å². The van der Waals surface area contributed by atoms with Crippen LogP contribution in [0.4, 0.5) is 4.39 Å². The van der Waals surface area contributed by atoms with Crippen LogP contribution < -0.4 is 10.6 Å². The van der Waals surface area contributed by atoms with E-state index >= 15 is 0 Å². The summed E-state index contributed by atoms with van der Waals surface area (Å²) in [7, 11) is 0. The van der Waals surface area contributed by atoms with Crippen molar-refractivity contribution in [3.63, 3.8) is 0 Å². The highest BCUT2D eigenvalue weighted by Crippen LogP contribution is 2.30. The Morgan fingerprint density at radius 1 is 1.35 bits per heavy atom. The van der Waals surface area contributed by atoms with Gasteiger partial charge in [-0.15, -0.1) is 0 Å². The number of halogens is 1. The highest BCUT2D eigenvalue weighted by atomic mass is 19.1. The highest BCUT2D eigenvalue weighted by molar-refractivity contribution is 6.31. The van der Waals surface area contributed by atoms with Gasteiger partial charge < -0.3 is 15.7 Å². The van der Waals surface area contributed by atoms with E-state index < -0.39 is 11.9 Å². The van der Waals surface area contributed by atoms with E-state index in [9.17, 15) is 14.0 Å². The van der Waals surface area contributed by atoms with Gasteiger partial charge in [-0.25, -0.2) is 9.18 Å². The normalized spacial score (nSPS) is 22.2. The fraction of sp³-hybridized carbons (Fsp3) is 0.429. The summed E-state index contributed by atoms with van der Waals surface area (Å²) in [4.78, 5) is 21.6. The van der Waals surface area contributed by atoms with Crippen LogP contribution in [0, 0.1) is 11.7 Å². The molecule has 0 unspecified atom stereocenters. The number of rotatable bonds is 3. The molecule has 1 fully saturated rings. The molecule has 3 N–H and O–H groups in total. The summed E-state index contributed by atoms with van der Waals surface area (Å²) in [6.07, 6.45) is 0.874. The number of carboxylic acid groups (broad SMARTS) is 1. The highest BCUT2D eigenvalue weighted by Gasteiger charge is 2.27. The molecule has 20 heavy (non-hydrogen) atoms. The largest absolute Gasteiger partial charge is 0.474 e. The molecule has 1 aromatic rings. The Morgan fingerprint density at radius 3 is 2.70 bits per heavy atom. The molecule has 0 spiro atoms. The lowest BCUT2D eigenvalue weighted by atomic mass is 9.81. The van der Waals surface area contributed by atoms with Crippen molar-refractivity contribution in [3.05, 3.63) is 35.6 Å². The van der Waals surface area contributed by atoms with Gasteiger partial charge >= 0.3 is 11.9 Å². The average molecular weight is 280 g/mol. The van der Waals surface area contributed by atoms with Gasteiger partial charge in [0.1, 0.15) is 5.82 Å². The molecule has 0 aromatic heterocycles. The zero-order valence-electron chi connectivity index (χ0n) is 10.9. The smallest absolute Gasteiger partial charge is 0.394 e. The van der Waals surface area contributed by atoms with Crippen LogP contribution in [0.1, 0.15) is 17.9 Å². The van der Waals surface area contributed by atoms with E-state index in [1.165, 1.54) is 12.1 Å². The number of benzene rings is 1. The number of nitrogens with one attached hydrogen (secondary N) is 2. The zero-order chi connectivity index (χ0) is 14.5. The molecule has 0 aliphatic carbocycles. The third-order valence-corrected chi connectivity index (χ3v) is 3.62. The predicted octanol–water partition coefficient (Wildman–Crippen LogP) is 0.720. The van der Waals surface area contributed by atoms with E-state index in [2.05, 4.69) is 10.6 Å². The van der Waals surface area contributed by atoms with Gasteiger partial charge in [0, 0.05) is 13.1 Å². The van der Waals surface area contributed by atoms with Crippen molar-refractivity contribution < 1.29 is 19.1 Å². The van der Waals surface area contributed by atoms with E-state index in [0.717, 1.165) is 18.5 Å². The quantitative estimate of drug-likeness (QED) is 0.713. The van der Waals surface area contributed by atoms with Crippen molar-refractivity contribution in [2.45, 2.75) is 12.3 Å². The summed E-state index contributed by atoms with van der Waals surface area (Å²) in [6.45, 7) is 1.84. The number of carbonyl (C=O) groups excluding carboxylic acids is 1. The van der Waals surface area contributed by atoms with Gasteiger partial charge in [0.25, 0.3) is 0 Å². The van der Waals surface area contributed by atoms with Crippen LogP contribution in [-0.4, -0.2) is 36.6 Å². The summed E-state index contributed by atoms with van der Waals surface area (Å²) in [5.41, 5.74) is 1.02. The Labute approximate surface area is 116 Å². The van der Waals surface area contributed by atoms with Crippen molar-refractivity contribution in [1.29, 1.82) is 0 Å². The van der Waals surface area contributed by atoms with Crippen molar-refractivity contribution >= 4 is 11.9 Å². The van der Waals surface area contributed by atoms with E-state index in [4.69, 9.17) is 5.11 Å². The topological polar surface area (TPSA) is 78.4 Å². The van der Waals surface area contributed by atoms with Crippen LogP contribution in [-0.2, 0) is 9.59 Å². The molecule has 1 aliphatic rings. The molecule has 0 saturated carbocycles. The predicted molar refractivity (Wildman–Crippen MR) is 70.8 cm³/mol. The first kappa shape index (κ1) is 14.5. The Balaban J connectivity index is 2.03. The third kappa shape index (κ3) is 3.54. The van der Waals surface area contributed by atoms with E-state index in [1.807, 2.05) is 0 Å². The zero-order valence-corrected chi connectivity index (χ0v) is 10.9. The maximum absolute atomic E-state index is 13.0. The minimum absolute atomic E-state index is 0.0949. The first-order chi connectivity index (χ1) is 9.58. The van der Waals surface area contributed by atoms with Crippen LogP contribution >= 0.6 is 0 Å². The fourth-order valence-corrected chi connectivity index (χ4v) is 2.59. The second-order valence-electron chi connectivity index (χ2n) is 4.93. The summed E-state index contributed by atoms with van der Waals surface area (Å²) in [6, 6.07) is 6.34. The second kappa shape index (κ2) is 6.47. The first-order valence-corrected chi connectivity index (χ1v) is 6.55. The number of hydrogen-bond donors (Lipinski definition) is 3. The maximum Gasteiger partial charge on any atom is 0.394 e. The molecule has 108 valence electrons. The fourth-order valence-electron chi connectivity index (χ4n) is 2.59. The Bertz CT molecular complexity index is 490. The third-order valence-electron chi connectivity index (χ3n) is 3.62. The molecule has 6 heteroatoms. The molecule has 1 aliphatic heterocycles. The average Bonchev–Trinajstić information content (AvgIpc) is 2.46. The van der Waals surface area contributed by atoms with E-state index in [0.29, 0.717) is 13.1 Å². The molecule has 1 heterocycles. The van der Waals surface area contributed by atoms with E-state index in [1.54, 1.807) is 12.1 Å².